The Balaban J connectivity index is 1.81. The number of para-hydroxylation sites is 1. The van der Waals surface area contributed by atoms with Crippen LogP contribution in [0.25, 0.3) is 0 Å². The van der Waals surface area contributed by atoms with E-state index in [4.69, 9.17) is 11.6 Å². The molecule has 0 radical (unpaired) electrons. The molecule has 0 bridgehead atoms. The molecule has 19 heavy (non-hydrogen) atoms. The van der Waals surface area contributed by atoms with Crippen LogP contribution in [0.5, 0.6) is 0 Å². The molecule has 2 aromatic rings. The third-order valence-electron chi connectivity index (χ3n) is 3.61. The van der Waals surface area contributed by atoms with Gasteiger partial charge in [0.2, 0.25) is 5.91 Å². The summed E-state index contributed by atoms with van der Waals surface area (Å²) in [4.78, 5) is 12.4. The van der Waals surface area contributed by atoms with Crippen molar-refractivity contribution in [1.82, 2.24) is 0 Å². The molecule has 1 aliphatic rings. The van der Waals surface area contributed by atoms with E-state index in [1.54, 1.807) is 0 Å². The summed E-state index contributed by atoms with van der Waals surface area (Å²) in [5.41, 5.74) is 1.53. The fraction of sp³-hybridized carbons (Fsp3) is 0.188. The summed E-state index contributed by atoms with van der Waals surface area (Å²) in [6.45, 7) is 0. The summed E-state index contributed by atoms with van der Waals surface area (Å²) in [5, 5.41) is 3.68. The highest BCUT2D eigenvalue weighted by Crippen LogP contribution is 2.49. The van der Waals surface area contributed by atoms with E-state index in [9.17, 15) is 4.79 Å². The number of nitrogens with one attached hydrogen (secondary N) is 1. The van der Waals surface area contributed by atoms with Gasteiger partial charge >= 0.3 is 0 Å². The van der Waals surface area contributed by atoms with Crippen molar-refractivity contribution in [3.05, 3.63) is 65.2 Å². The number of hydrogen-bond acceptors (Lipinski definition) is 1. The van der Waals surface area contributed by atoms with Crippen molar-refractivity contribution in [2.45, 2.75) is 18.3 Å². The Bertz CT molecular complexity index is 588. The Morgan fingerprint density at radius 3 is 2.21 bits per heavy atom. The third-order valence-corrected chi connectivity index (χ3v) is 3.87. The van der Waals surface area contributed by atoms with Crippen LogP contribution in [0.2, 0.25) is 5.02 Å². The molecule has 0 unspecified atom stereocenters. The number of carbonyl (C=O) groups is 1. The van der Waals surface area contributed by atoms with Gasteiger partial charge in [-0.15, -0.1) is 0 Å². The summed E-state index contributed by atoms with van der Waals surface area (Å²) in [5.74, 6) is 0.0704. The maximum atomic E-state index is 12.4. The number of carbonyl (C=O) groups excluding carboxylic acids is 1. The summed E-state index contributed by atoms with van der Waals surface area (Å²) in [6, 6.07) is 17.1. The van der Waals surface area contributed by atoms with E-state index in [2.05, 4.69) is 5.32 Å². The molecule has 2 nitrogen and oxygen atoms in total. The quantitative estimate of drug-likeness (QED) is 0.898. The van der Waals surface area contributed by atoms with Gasteiger partial charge in [-0.3, -0.25) is 4.79 Å². The van der Waals surface area contributed by atoms with Gasteiger partial charge in [-0.25, -0.2) is 0 Å². The first kappa shape index (κ1) is 12.2. The lowest BCUT2D eigenvalue weighted by molar-refractivity contribution is -0.118. The van der Waals surface area contributed by atoms with E-state index >= 15 is 0 Å². The maximum Gasteiger partial charge on any atom is 0.235 e. The number of halogens is 1. The van der Waals surface area contributed by atoms with Crippen molar-refractivity contribution in [3.63, 3.8) is 0 Å². The Morgan fingerprint density at radius 1 is 1.00 bits per heavy atom. The molecule has 1 amide bonds. The first-order valence-corrected chi connectivity index (χ1v) is 6.71. The van der Waals surface area contributed by atoms with Crippen molar-refractivity contribution < 1.29 is 4.79 Å². The fourth-order valence-corrected chi connectivity index (χ4v) is 2.44. The molecule has 0 aromatic heterocycles. The highest BCUT2D eigenvalue weighted by Gasteiger charge is 2.51. The summed E-state index contributed by atoms with van der Waals surface area (Å²) in [6.07, 6.45) is 1.79. The predicted octanol–water partition coefficient (Wildman–Crippen LogP) is 4.01. The second-order valence-corrected chi connectivity index (χ2v) is 5.35. The van der Waals surface area contributed by atoms with Crippen LogP contribution in [-0.4, -0.2) is 5.91 Å². The van der Waals surface area contributed by atoms with Crippen molar-refractivity contribution in [2.75, 3.05) is 5.32 Å². The molecule has 0 heterocycles. The molecule has 1 fully saturated rings. The van der Waals surface area contributed by atoms with Gasteiger partial charge in [-0.1, -0.05) is 41.9 Å². The van der Waals surface area contributed by atoms with Crippen molar-refractivity contribution >= 4 is 23.2 Å². The van der Waals surface area contributed by atoms with E-state index in [0.717, 1.165) is 24.1 Å². The summed E-state index contributed by atoms with van der Waals surface area (Å²) in [7, 11) is 0. The molecule has 3 rings (SSSR count). The van der Waals surface area contributed by atoms with Gasteiger partial charge in [0.1, 0.15) is 0 Å². The largest absolute Gasteiger partial charge is 0.325 e. The highest BCUT2D eigenvalue weighted by atomic mass is 35.5. The van der Waals surface area contributed by atoms with Gasteiger partial charge in [0.15, 0.2) is 0 Å². The molecule has 0 atom stereocenters. The molecule has 0 spiro atoms. The average Bonchev–Trinajstić information content (AvgIpc) is 3.22. The van der Waals surface area contributed by atoms with Crippen molar-refractivity contribution in [1.29, 1.82) is 0 Å². The minimum atomic E-state index is -0.361. The van der Waals surface area contributed by atoms with Gasteiger partial charge in [-0.2, -0.15) is 0 Å². The number of benzene rings is 2. The normalized spacial score (nSPS) is 15.8. The zero-order valence-corrected chi connectivity index (χ0v) is 11.2. The van der Waals surface area contributed by atoms with Gasteiger partial charge in [-0.05, 0) is 42.7 Å². The van der Waals surface area contributed by atoms with Crippen LogP contribution in [0, 0.1) is 0 Å². The zero-order valence-electron chi connectivity index (χ0n) is 10.4. The molecular weight excluding hydrogens is 258 g/mol. The number of hydrogen-bond donors (Lipinski definition) is 1. The van der Waals surface area contributed by atoms with Crippen LogP contribution in [-0.2, 0) is 10.2 Å². The standard InChI is InChI=1S/C16H14ClNO/c17-13-8-6-12(7-9-13)16(10-11-16)15(19)18-14-4-2-1-3-5-14/h1-9H,10-11H2,(H,18,19). The number of rotatable bonds is 3. The smallest absolute Gasteiger partial charge is 0.235 e. The molecule has 0 saturated heterocycles. The minimum absolute atomic E-state index is 0.0704. The van der Waals surface area contributed by atoms with E-state index in [1.807, 2.05) is 54.6 Å². The molecule has 0 aliphatic heterocycles. The number of anilines is 1. The molecule has 1 N–H and O–H groups in total. The summed E-state index contributed by atoms with van der Waals surface area (Å²) >= 11 is 5.89. The average molecular weight is 272 g/mol. The number of amides is 1. The minimum Gasteiger partial charge on any atom is -0.325 e. The van der Waals surface area contributed by atoms with Gasteiger partial charge in [0.05, 0.1) is 5.41 Å². The van der Waals surface area contributed by atoms with Crippen LogP contribution in [0.4, 0.5) is 5.69 Å². The van der Waals surface area contributed by atoms with Crippen LogP contribution in [0.3, 0.4) is 0 Å². The van der Waals surface area contributed by atoms with Gasteiger partial charge in [0.25, 0.3) is 0 Å². The first-order chi connectivity index (χ1) is 9.21. The molecule has 3 heteroatoms. The van der Waals surface area contributed by atoms with Crippen LogP contribution in [0.1, 0.15) is 18.4 Å². The summed E-state index contributed by atoms with van der Waals surface area (Å²) < 4.78 is 0. The van der Waals surface area contributed by atoms with E-state index < -0.39 is 0 Å². The lowest BCUT2D eigenvalue weighted by Crippen LogP contribution is -2.27. The molecular formula is C16H14ClNO. The van der Waals surface area contributed by atoms with E-state index in [0.29, 0.717) is 5.02 Å². The van der Waals surface area contributed by atoms with E-state index in [-0.39, 0.29) is 11.3 Å². The zero-order chi connectivity index (χ0) is 13.3. The second kappa shape index (κ2) is 4.71. The van der Waals surface area contributed by atoms with Crippen LogP contribution in [0.15, 0.2) is 54.6 Å². The van der Waals surface area contributed by atoms with Crippen molar-refractivity contribution in [3.8, 4) is 0 Å². The van der Waals surface area contributed by atoms with Gasteiger partial charge < -0.3 is 5.32 Å². The monoisotopic (exact) mass is 271 g/mol. The Kier molecular flexibility index (Phi) is 3.03. The van der Waals surface area contributed by atoms with Crippen LogP contribution < -0.4 is 5.32 Å². The highest BCUT2D eigenvalue weighted by molar-refractivity contribution is 6.30. The molecule has 96 valence electrons. The van der Waals surface area contributed by atoms with E-state index in [1.165, 1.54) is 0 Å². The van der Waals surface area contributed by atoms with Gasteiger partial charge in [0, 0.05) is 10.7 Å². The lowest BCUT2D eigenvalue weighted by atomic mass is 9.95. The Hall–Kier alpha value is -1.80. The predicted molar refractivity (Wildman–Crippen MR) is 77.4 cm³/mol. The second-order valence-electron chi connectivity index (χ2n) is 4.91. The molecule has 1 aliphatic carbocycles. The Morgan fingerprint density at radius 2 is 1.63 bits per heavy atom. The molecule has 1 saturated carbocycles. The maximum absolute atomic E-state index is 12.4. The lowest BCUT2D eigenvalue weighted by Gasteiger charge is -2.15. The SMILES string of the molecule is O=C(Nc1ccccc1)C1(c2ccc(Cl)cc2)CC1. The fourth-order valence-electron chi connectivity index (χ4n) is 2.31. The third kappa shape index (κ3) is 2.36. The topological polar surface area (TPSA) is 29.1 Å². The molecule has 2 aromatic carbocycles. The first-order valence-electron chi connectivity index (χ1n) is 6.33. The Labute approximate surface area is 117 Å². The van der Waals surface area contributed by atoms with Crippen LogP contribution >= 0.6 is 11.6 Å². The van der Waals surface area contributed by atoms with Crippen molar-refractivity contribution in [2.24, 2.45) is 0 Å².